The van der Waals surface area contributed by atoms with E-state index in [0.717, 1.165) is 13.0 Å². The number of sulfonamides is 1. The van der Waals surface area contributed by atoms with Gasteiger partial charge in [0.2, 0.25) is 10.0 Å². The largest absolute Gasteiger partial charge is 0.214 e. The van der Waals surface area contributed by atoms with Gasteiger partial charge in [0.15, 0.2) is 0 Å². The van der Waals surface area contributed by atoms with Crippen molar-refractivity contribution in [3.05, 3.63) is 0 Å². The Kier molecular flexibility index (Phi) is 2.01. The molecule has 0 radical (unpaired) electrons. The summed E-state index contributed by atoms with van der Waals surface area (Å²) in [6.45, 7) is 4.34. The highest BCUT2D eigenvalue weighted by atomic mass is 32.2. The lowest BCUT2D eigenvalue weighted by atomic mass is 10.1. The molecule has 1 aliphatic heterocycles. The fraction of sp³-hybridized carbons (Fsp3) is 1.00. The zero-order chi connectivity index (χ0) is 7.78. The van der Waals surface area contributed by atoms with E-state index in [4.69, 9.17) is 0 Å². The van der Waals surface area contributed by atoms with Gasteiger partial charge in [-0.2, -0.15) is 4.31 Å². The minimum Gasteiger partial charge on any atom is -0.212 e. The molecule has 0 aromatic rings. The Hall–Kier alpha value is -0.0900. The molecular formula is C6H13NO2S. The molecule has 0 aromatic carbocycles. The molecule has 0 N–H and O–H groups in total. The minimum atomic E-state index is -2.88. The molecule has 1 saturated heterocycles. The highest BCUT2D eigenvalue weighted by Gasteiger charge is 2.32. The van der Waals surface area contributed by atoms with E-state index in [0.29, 0.717) is 0 Å². The fourth-order valence-corrected chi connectivity index (χ4v) is 2.44. The average molecular weight is 163 g/mol. The summed E-state index contributed by atoms with van der Waals surface area (Å²) in [4.78, 5) is 0. The molecule has 1 heterocycles. The van der Waals surface area contributed by atoms with E-state index in [1.807, 2.05) is 6.92 Å². The molecule has 1 unspecified atom stereocenters. The molecule has 4 heteroatoms. The second-order valence-corrected chi connectivity index (χ2v) is 4.86. The molecule has 10 heavy (non-hydrogen) atoms. The first kappa shape index (κ1) is 8.01. The fourth-order valence-electron chi connectivity index (χ4n) is 1.07. The van der Waals surface area contributed by atoms with Crippen LogP contribution in [0.25, 0.3) is 0 Å². The van der Waals surface area contributed by atoms with Crippen molar-refractivity contribution < 1.29 is 8.42 Å². The SMILES string of the molecule is CCS(=O)(=O)N1CCC1C. The second-order valence-electron chi connectivity index (χ2n) is 2.65. The first-order valence-electron chi connectivity index (χ1n) is 3.57. The van der Waals surface area contributed by atoms with E-state index in [-0.39, 0.29) is 11.8 Å². The summed E-state index contributed by atoms with van der Waals surface area (Å²) >= 11 is 0. The summed E-state index contributed by atoms with van der Waals surface area (Å²) in [5.41, 5.74) is 0. The van der Waals surface area contributed by atoms with Crippen molar-refractivity contribution in [2.24, 2.45) is 0 Å². The van der Waals surface area contributed by atoms with Crippen LogP contribution in [0.1, 0.15) is 20.3 Å². The van der Waals surface area contributed by atoms with Crippen LogP contribution in [0.5, 0.6) is 0 Å². The average Bonchev–Trinajstić information content (AvgIpc) is 1.84. The van der Waals surface area contributed by atoms with E-state index in [9.17, 15) is 8.42 Å². The van der Waals surface area contributed by atoms with Crippen LogP contribution in [0.2, 0.25) is 0 Å². The van der Waals surface area contributed by atoms with Gasteiger partial charge in [0.1, 0.15) is 0 Å². The molecule has 0 amide bonds. The smallest absolute Gasteiger partial charge is 0.212 e. The lowest BCUT2D eigenvalue weighted by Gasteiger charge is -2.36. The maximum atomic E-state index is 11.1. The Balaban J connectivity index is 2.66. The van der Waals surface area contributed by atoms with Crippen molar-refractivity contribution >= 4 is 10.0 Å². The van der Waals surface area contributed by atoms with E-state index in [1.54, 1.807) is 11.2 Å². The van der Waals surface area contributed by atoms with Crippen LogP contribution in [-0.4, -0.2) is 31.1 Å². The molecule has 1 aliphatic rings. The van der Waals surface area contributed by atoms with Crippen molar-refractivity contribution in [1.82, 2.24) is 4.31 Å². The standard InChI is InChI=1S/C6H13NO2S/c1-3-10(8,9)7-5-4-6(7)2/h6H,3-5H2,1-2H3. The van der Waals surface area contributed by atoms with Crippen LogP contribution in [0.15, 0.2) is 0 Å². The quantitative estimate of drug-likeness (QED) is 0.592. The molecule has 60 valence electrons. The predicted molar refractivity (Wildman–Crippen MR) is 40.2 cm³/mol. The highest BCUT2D eigenvalue weighted by molar-refractivity contribution is 7.89. The molecule has 1 rings (SSSR count). The molecular weight excluding hydrogens is 150 g/mol. The molecule has 1 atom stereocenters. The number of hydrogen-bond donors (Lipinski definition) is 0. The zero-order valence-electron chi connectivity index (χ0n) is 6.37. The van der Waals surface area contributed by atoms with Crippen LogP contribution >= 0.6 is 0 Å². The number of hydrogen-bond acceptors (Lipinski definition) is 2. The van der Waals surface area contributed by atoms with E-state index in [2.05, 4.69) is 0 Å². The second kappa shape index (κ2) is 2.51. The van der Waals surface area contributed by atoms with Crippen molar-refractivity contribution in [3.63, 3.8) is 0 Å². The lowest BCUT2D eigenvalue weighted by Crippen LogP contribution is -2.49. The van der Waals surface area contributed by atoms with E-state index in [1.165, 1.54) is 0 Å². The van der Waals surface area contributed by atoms with Gasteiger partial charge < -0.3 is 0 Å². The topological polar surface area (TPSA) is 37.4 Å². The lowest BCUT2D eigenvalue weighted by molar-refractivity contribution is 0.217. The van der Waals surface area contributed by atoms with Crippen LogP contribution in [0, 0.1) is 0 Å². The van der Waals surface area contributed by atoms with Crippen molar-refractivity contribution in [1.29, 1.82) is 0 Å². The van der Waals surface area contributed by atoms with Gasteiger partial charge >= 0.3 is 0 Å². The monoisotopic (exact) mass is 163 g/mol. The van der Waals surface area contributed by atoms with Crippen LogP contribution in [0.3, 0.4) is 0 Å². The summed E-state index contributed by atoms with van der Waals surface area (Å²) in [6, 6.07) is 0.241. The molecule has 0 spiro atoms. The summed E-state index contributed by atoms with van der Waals surface area (Å²) < 4.78 is 23.8. The third kappa shape index (κ3) is 1.18. The molecule has 3 nitrogen and oxygen atoms in total. The Bertz CT molecular complexity index is 210. The zero-order valence-corrected chi connectivity index (χ0v) is 7.19. The maximum absolute atomic E-state index is 11.1. The van der Waals surface area contributed by atoms with Crippen molar-refractivity contribution in [3.8, 4) is 0 Å². The molecule has 0 saturated carbocycles. The van der Waals surface area contributed by atoms with Gasteiger partial charge in [-0.1, -0.05) is 0 Å². The summed E-state index contributed by atoms with van der Waals surface area (Å²) in [5, 5.41) is 0. The van der Waals surface area contributed by atoms with E-state index < -0.39 is 10.0 Å². The van der Waals surface area contributed by atoms with Crippen LogP contribution in [-0.2, 0) is 10.0 Å². The first-order chi connectivity index (χ1) is 4.58. The Morgan fingerprint density at radius 3 is 2.30 bits per heavy atom. The molecule has 0 aliphatic carbocycles. The van der Waals surface area contributed by atoms with Gasteiger partial charge in [0, 0.05) is 12.6 Å². The molecule has 1 fully saturated rings. The normalized spacial score (nSPS) is 28.0. The summed E-state index contributed by atoms with van der Waals surface area (Å²) in [7, 11) is -2.88. The number of rotatable bonds is 2. The first-order valence-corrected chi connectivity index (χ1v) is 5.18. The van der Waals surface area contributed by atoms with E-state index >= 15 is 0 Å². The van der Waals surface area contributed by atoms with Gasteiger partial charge in [-0.05, 0) is 20.3 Å². The van der Waals surface area contributed by atoms with Crippen LogP contribution < -0.4 is 0 Å². The third-order valence-electron chi connectivity index (χ3n) is 1.98. The van der Waals surface area contributed by atoms with Gasteiger partial charge in [-0.15, -0.1) is 0 Å². The molecule has 0 bridgehead atoms. The minimum absolute atomic E-state index is 0.233. The van der Waals surface area contributed by atoms with Crippen LogP contribution in [0.4, 0.5) is 0 Å². The number of nitrogens with zero attached hydrogens (tertiary/aromatic N) is 1. The van der Waals surface area contributed by atoms with Crippen molar-refractivity contribution in [2.75, 3.05) is 12.3 Å². The Labute approximate surface area is 62.1 Å². The van der Waals surface area contributed by atoms with Gasteiger partial charge in [-0.3, -0.25) is 0 Å². The Morgan fingerprint density at radius 2 is 2.20 bits per heavy atom. The third-order valence-corrected chi connectivity index (χ3v) is 3.97. The molecule has 0 aromatic heterocycles. The van der Waals surface area contributed by atoms with Gasteiger partial charge in [0.05, 0.1) is 5.75 Å². The summed E-state index contributed by atoms with van der Waals surface area (Å²) in [6.07, 6.45) is 1.01. The van der Waals surface area contributed by atoms with Gasteiger partial charge in [0.25, 0.3) is 0 Å². The predicted octanol–water partition coefficient (Wildman–Crippen LogP) is 0.430. The Morgan fingerprint density at radius 1 is 1.60 bits per heavy atom. The van der Waals surface area contributed by atoms with Gasteiger partial charge in [-0.25, -0.2) is 8.42 Å². The maximum Gasteiger partial charge on any atom is 0.214 e. The highest BCUT2D eigenvalue weighted by Crippen LogP contribution is 2.20. The van der Waals surface area contributed by atoms with Crippen molar-refractivity contribution in [2.45, 2.75) is 26.3 Å². The summed E-state index contributed by atoms with van der Waals surface area (Å²) in [5.74, 6) is 0.233.